The van der Waals surface area contributed by atoms with Crippen molar-refractivity contribution in [3.8, 4) is 0 Å². The van der Waals surface area contributed by atoms with E-state index in [4.69, 9.17) is 14.2 Å². The van der Waals surface area contributed by atoms with Gasteiger partial charge in [0.05, 0.1) is 12.2 Å². The molecule has 2 rings (SSSR count). The van der Waals surface area contributed by atoms with Crippen molar-refractivity contribution in [1.82, 2.24) is 0 Å². The number of aliphatic hydroxyl groups excluding tert-OH is 3. The Bertz CT molecular complexity index is 303. The zero-order valence-corrected chi connectivity index (χ0v) is 10.5. The standard InChI is InChI=1S/C12H20O6/c1-16-9(17-2)5-6-8-4-3-7(13)12(18-8)11(15)10(6)14/h3-4,6-15H,5H2,1-2H3/t6?,7?,8?,10?,11?,12-/m0/s1. The van der Waals surface area contributed by atoms with Crippen molar-refractivity contribution in [2.75, 3.05) is 14.2 Å². The van der Waals surface area contributed by atoms with Gasteiger partial charge < -0.3 is 29.5 Å². The van der Waals surface area contributed by atoms with Gasteiger partial charge in [0.2, 0.25) is 0 Å². The van der Waals surface area contributed by atoms with E-state index in [1.165, 1.54) is 14.2 Å². The lowest BCUT2D eigenvalue weighted by Gasteiger charge is -2.46. The predicted octanol–water partition coefficient (Wildman–Crippen LogP) is -0.968. The Morgan fingerprint density at radius 1 is 1.11 bits per heavy atom. The maximum absolute atomic E-state index is 10.1. The van der Waals surface area contributed by atoms with Crippen molar-refractivity contribution in [2.24, 2.45) is 5.92 Å². The molecule has 0 saturated carbocycles. The fraction of sp³-hybridized carbons (Fsp3) is 0.833. The minimum absolute atomic E-state index is 0.329. The Morgan fingerprint density at radius 3 is 2.39 bits per heavy atom. The molecule has 5 unspecified atom stereocenters. The molecule has 0 spiro atoms. The van der Waals surface area contributed by atoms with Crippen LogP contribution in [0.25, 0.3) is 0 Å². The van der Waals surface area contributed by atoms with Crippen molar-refractivity contribution in [1.29, 1.82) is 0 Å². The molecule has 0 aromatic carbocycles. The molecule has 2 aliphatic rings. The summed E-state index contributed by atoms with van der Waals surface area (Å²) >= 11 is 0. The molecule has 6 heteroatoms. The van der Waals surface area contributed by atoms with Gasteiger partial charge in [-0.15, -0.1) is 0 Å². The van der Waals surface area contributed by atoms with Crippen molar-refractivity contribution in [3.63, 3.8) is 0 Å². The van der Waals surface area contributed by atoms with E-state index in [0.717, 1.165) is 0 Å². The molecule has 104 valence electrons. The molecule has 0 aromatic rings. The van der Waals surface area contributed by atoms with E-state index in [-0.39, 0.29) is 12.0 Å². The van der Waals surface area contributed by atoms with E-state index >= 15 is 0 Å². The van der Waals surface area contributed by atoms with Gasteiger partial charge in [-0.1, -0.05) is 12.2 Å². The first-order valence-corrected chi connectivity index (χ1v) is 6.02. The summed E-state index contributed by atoms with van der Waals surface area (Å²) in [6.45, 7) is 0. The zero-order chi connectivity index (χ0) is 13.3. The van der Waals surface area contributed by atoms with E-state index in [2.05, 4.69) is 0 Å². The molecule has 0 aliphatic carbocycles. The first-order chi connectivity index (χ1) is 8.58. The lowest BCUT2D eigenvalue weighted by atomic mass is 9.80. The quantitative estimate of drug-likeness (QED) is 0.445. The van der Waals surface area contributed by atoms with Crippen LogP contribution in [0, 0.1) is 5.92 Å². The van der Waals surface area contributed by atoms with Crippen LogP contribution in [0.3, 0.4) is 0 Å². The van der Waals surface area contributed by atoms with Gasteiger partial charge in [0.25, 0.3) is 0 Å². The molecule has 6 atom stereocenters. The summed E-state index contributed by atoms with van der Waals surface area (Å²) in [7, 11) is 3.04. The van der Waals surface area contributed by atoms with Crippen LogP contribution in [0.5, 0.6) is 0 Å². The van der Waals surface area contributed by atoms with Gasteiger partial charge in [-0.05, 0) is 0 Å². The molecule has 0 amide bonds. The molecule has 2 aliphatic heterocycles. The van der Waals surface area contributed by atoms with Crippen LogP contribution < -0.4 is 0 Å². The summed E-state index contributed by atoms with van der Waals surface area (Å²) in [6, 6.07) is 0. The van der Waals surface area contributed by atoms with Gasteiger partial charge >= 0.3 is 0 Å². The molecule has 2 bridgehead atoms. The highest BCUT2D eigenvalue weighted by Crippen LogP contribution is 2.35. The maximum Gasteiger partial charge on any atom is 0.157 e. The first kappa shape index (κ1) is 13.9. The molecular weight excluding hydrogens is 240 g/mol. The highest BCUT2D eigenvalue weighted by Gasteiger charge is 2.48. The summed E-state index contributed by atoms with van der Waals surface area (Å²) in [6.07, 6.45) is -0.826. The summed E-state index contributed by atoms with van der Waals surface area (Å²) in [4.78, 5) is 0. The van der Waals surface area contributed by atoms with Crippen LogP contribution in [0.15, 0.2) is 12.2 Å². The van der Waals surface area contributed by atoms with E-state index in [1.807, 2.05) is 0 Å². The zero-order valence-electron chi connectivity index (χ0n) is 10.5. The van der Waals surface area contributed by atoms with E-state index in [9.17, 15) is 15.3 Å². The van der Waals surface area contributed by atoms with Crippen LogP contribution in [0.2, 0.25) is 0 Å². The van der Waals surface area contributed by atoms with E-state index in [0.29, 0.717) is 6.42 Å². The average molecular weight is 260 g/mol. The molecule has 2 heterocycles. The number of fused-ring (bicyclic) bond motifs is 2. The first-order valence-electron chi connectivity index (χ1n) is 6.02. The third kappa shape index (κ3) is 2.45. The molecule has 18 heavy (non-hydrogen) atoms. The second kappa shape index (κ2) is 5.64. The van der Waals surface area contributed by atoms with Crippen molar-refractivity contribution in [3.05, 3.63) is 12.2 Å². The monoisotopic (exact) mass is 260 g/mol. The van der Waals surface area contributed by atoms with Gasteiger partial charge in [-0.25, -0.2) is 0 Å². The summed E-state index contributed by atoms with van der Waals surface area (Å²) in [5.74, 6) is -0.329. The molecule has 0 aromatic heterocycles. The smallest absolute Gasteiger partial charge is 0.157 e. The SMILES string of the molecule is COC(CC1C2C=CC(O)[C@H](O2)C(O)C1O)OC. The molecule has 0 radical (unpaired) electrons. The molecular formula is C12H20O6. The molecule has 1 saturated heterocycles. The second-order valence-electron chi connectivity index (χ2n) is 4.72. The van der Waals surface area contributed by atoms with Crippen LogP contribution in [0.4, 0.5) is 0 Å². The van der Waals surface area contributed by atoms with Gasteiger partial charge in [0, 0.05) is 26.6 Å². The number of hydrogen-bond donors (Lipinski definition) is 3. The number of hydrogen-bond acceptors (Lipinski definition) is 6. The maximum atomic E-state index is 10.1. The molecule has 3 N–H and O–H groups in total. The average Bonchev–Trinajstić information content (AvgIpc) is 2.39. The normalized spacial score (nSPS) is 43.4. The molecule has 1 fully saturated rings. The van der Waals surface area contributed by atoms with Gasteiger partial charge in [0.15, 0.2) is 6.29 Å². The van der Waals surface area contributed by atoms with Gasteiger partial charge in [0.1, 0.15) is 18.3 Å². The van der Waals surface area contributed by atoms with Crippen molar-refractivity contribution < 1.29 is 29.5 Å². The minimum atomic E-state index is -1.11. The third-order valence-corrected chi connectivity index (χ3v) is 3.69. The lowest BCUT2D eigenvalue weighted by molar-refractivity contribution is -0.227. The fourth-order valence-corrected chi connectivity index (χ4v) is 2.59. The van der Waals surface area contributed by atoms with Crippen molar-refractivity contribution in [2.45, 2.75) is 43.2 Å². The topological polar surface area (TPSA) is 88.4 Å². The van der Waals surface area contributed by atoms with Gasteiger partial charge in [-0.3, -0.25) is 0 Å². The highest BCUT2D eigenvalue weighted by molar-refractivity contribution is 5.11. The van der Waals surface area contributed by atoms with E-state index in [1.54, 1.807) is 12.2 Å². The Morgan fingerprint density at radius 2 is 1.78 bits per heavy atom. The van der Waals surface area contributed by atoms with E-state index < -0.39 is 30.7 Å². The Hall–Kier alpha value is -0.500. The fourth-order valence-electron chi connectivity index (χ4n) is 2.59. The predicted molar refractivity (Wildman–Crippen MR) is 61.7 cm³/mol. The lowest BCUT2D eigenvalue weighted by Crippen LogP contribution is -2.59. The van der Waals surface area contributed by atoms with Gasteiger partial charge in [-0.2, -0.15) is 0 Å². The minimum Gasteiger partial charge on any atom is -0.390 e. The Balaban J connectivity index is 2.12. The van der Waals surface area contributed by atoms with Crippen LogP contribution in [-0.4, -0.2) is 66.3 Å². The Kier molecular flexibility index (Phi) is 4.37. The number of ether oxygens (including phenoxy) is 3. The van der Waals surface area contributed by atoms with Crippen molar-refractivity contribution >= 4 is 0 Å². The third-order valence-electron chi connectivity index (χ3n) is 3.69. The molecule has 6 nitrogen and oxygen atoms in total. The summed E-state index contributed by atoms with van der Waals surface area (Å²) in [5, 5.41) is 29.7. The van der Waals surface area contributed by atoms with Crippen LogP contribution >= 0.6 is 0 Å². The number of rotatable bonds is 4. The summed E-state index contributed by atoms with van der Waals surface area (Å²) in [5.41, 5.74) is 0. The van der Waals surface area contributed by atoms with Crippen LogP contribution in [-0.2, 0) is 14.2 Å². The second-order valence-corrected chi connectivity index (χ2v) is 4.72. The Labute approximate surface area is 106 Å². The number of aliphatic hydroxyl groups is 3. The largest absolute Gasteiger partial charge is 0.390 e. The highest BCUT2D eigenvalue weighted by atomic mass is 16.7. The number of methoxy groups -OCH3 is 2. The van der Waals surface area contributed by atoms with Crippen LogP contribution in [0.1, 0.15) is 6.42 Å². The summed E-state index contributed by atoms with van der Waals surface area (Å²) < 4.78 is 15.8.